The lowest BCUT2D eigenvalue weighted by Gasteiger charge is -2.09. The van der Waals surface area contributed by atoms with Crippen LogP contribution in [-0.2, 0) is 0 Å². The number of nitrogens with zero attached hydrogens (tertiary/aromatic N) is 1. The van der Waals surface area contributed by atoms with Gasteiger partial charge in [-0.2, -0.15) is 0 Å². The van der Waals surface area contributed by atoms with Gasteiger partial charge in [0.2, 0.25) is 5.89 Å². The second-order valence-electron chi connectivity index (χ2n) is 5.35. The van der Waals surface area contributed by atoms with Crippen LogP contribution in [0.15, 0.2) is 57.6 Å². The fraction of sp³-hybridized carbons (Fsp3) is 0.0588. The van der Waals surface area contributed by atoms with Gasteiger partial charge in [-0.1, -0.05) is 12.1 Å². The van der Waals surface area contributed by atoms with Crippen LogP contribution in [0.4, 0.5) is 13.2 Å². The van der Waals surface area contributed by atoms with Crippen LogP contribution >= 0.6 is 12.2 Å². The number of alkyl halides is 3. The molecule has 1 N–H and O–H groups in total. The molecule has 0 aliphatic rings. The van der Waals surface area contributed by atoms with Crippen molar-refractivity contribution < 1.29 is 26.7 Å². The van der Waals surface area contributed by atoms with Crippen molar-refractivity contribution in [2.75, 3.05) is 0 Å². The van der Waals surface area contributed by atoms with Crippen LogP contribution in [0.2, 0.25) is 0 Å². The number of aromatic nitrogens is 2. The Morgan fingerprint density at radius 3 is 2.42 bits per heavy atom. The summed E-state index contributed by atoms with van der Waals surface area (Å²) in [6.45, 7) is 0. The van der Waals surface area contributed by atoms with Crippen molar-refractivity contribution in [3.05, 3.63) is 53.6 Å². The number of ether oxygens (including phenoxy) is 1. The highest BCUT2D eigenvalue weighted by molar-refractivity contribution is 7.71. The molecule has 2 aromatic heterocycles. The molecule has 0 atom stereocenters. The summed E-state index contributed by atoms with van der Waals surface area (Å²) in [5.41, 5.74) is 2.70. The predicted molar refractivity (Wildman–Crippen MR) is 89.0 cm³/mol. The van der Waals surface area contributed by atoms with E-state index in [1.54, 1.807) is 12.1 Å². The van der Waals surface area contributed by atoms with E-state index in [0.717, 1.165) is 10.9 Å². The van der Waals surface area contributed by atoms with Crippen LogP contribution in [0.1, 0.15) is 0 Å². The first-order chi connectivity index (χ1) is 12.4. The number of halogens is 3. The molecule has 0 aliphatic heterocycles. The Balaban J connectivity index is 1.73. The summed E-state index contributed by atoms with van der Waals surface area (Å²) < 4.78 is 51.5. The van der Waals surface area contributed by atoms with Crippen molar-refractivity contribution in [3.8, 4) is 28.3 Å². The molecule has 2 aromatic carbocycles. The van der Waals surface area contributed by atoms with Crippen molar-refractivity contribution in [2.24, 2.45) is 0 Å². The Morgan fingerprint density at radius 2 is 1.77 bits per heavy atom. The van der Waals surface area contributed by atoms with E-state index in [1.165, 1.54) is 30.5 Å². The Hall–Kier alpha value is -3.07. The third-order valence-corrected chi connectivity index (χ3v) is 3.83. The average molecular weight is 378 g/mol. The van der Waals surface area contributed by atoms with Gasteiger partial charge in [-0.3, -0.25) is 0 Å². The maximum Gasteiger partial charge on any atom is 0.573 e. The van der Waals surface area contributed by atoms with E-state index in [4.69, 9.17) is 21.1 Å². The summed E-state index contributed by atoms with van der Waals surface area (Å²) >= 11 is 4.87. The van der Waals surface area contributed by atoms with E-state index in [2.05, 4.69) is 14.9 Å². The topological polar surface area (TPSA) is 64.2 Å². The van der Waals surface area contributed by atoms with Crippen molar-refractivity contribution >= 4 is 23.2 Å². The zero-order chi connectivity index (χ0) is 18.3. The van der Waals surface area contributed by atoms with E-state index >= 15 is 0 Å². The summed E-state index contributed by atoms with van der Waals surface area (Å²) in [6.07, 6.45) is -3.19. The Bertz CT molecular complexity index is 1130. The number of fused-ring (bicyclic) bond motifs is 1. The van der Waals surface area contributed by atoms with Crippen LogP contribution in [0, 0.1) is 4.84 Å². The molecule has 0 radical (unpaired) electrons. The lowest BCUT2D eigenvalue weighted by Crippen LogP contribution is -2.16. The lowest BCUT2D eigenvalue weighted by molar-refractivity contribution is -0.274. The number of hydrogen-bond donors (Lipinski definition) is 1. The smallest absolute Gasteiger partial charge is 0.464 e. The number of aromatic amines is 1. The second kappa shape index (κ2) is 6.03. The monoisotopic (exact) mass is 378 g/mol. The third kappa shape index (κ3) is 3.21. The molecule has 0 unspecified atom stereocenters. The quantitative estimate of drug-likeness (QED) is 0.463. The van der Waals surface area contributed by atoms with E-state index in [-0.39, 0.29) is 10.6 Å². The van der Waals surface area contributed by atoms with Gasteiger partial charge in [0, 0.05) is 16.5 Å². The van der Waals surface area contributed by atoms with Crippen LogP contribution < -0.4 is 4.74 Å². The summed E-state index contributed by atoms with van der Waals surface area (Å²) in [5, 5.41) is 7.29. The molecule has 9 heteroatoms. The van der Waals surface area contributed by atoms with Gasteiger partial charge in [-0.15, -0.1) is 18.3 Å². The van der Waals surface area contributed by atoms with E-state index in [9.17, 15) is 13.2 Å². The molecular weight excluding hydrogens is 369 g/mol. The molecule has 0 aliphatic carbocycles. The molecule has 0 bridgehead atoms. The van der Waals surface area contributed by atoms with E-state index in [1.807, 2.05) is 6.07 Å². The Morgan fingerprint density at radius 1 is 1.04 bits per heavy atom. The Labute approximate surface area is 149 Å². The van der Waals surface area contributed by atoms with E-state index < -0.39 is 6.36 Å². The number of rotatable bonds is 3. The largest absolute Gasteiger partial charge is 0.573 e. The van der Waals surface area contributed by atoms with Crippen LogP contribution in [0.25, 0.3) is 33.6 Å². The molecule has 0 fully saturated rings. The van der Waals surface area contributed by atoms with Gasteiger partial charge in [-0.05, 0) is 48.1 Å². The molecule has 2 heterocycles. The summed E-state index contributed by atoms with van der Waals surface area (Å²) in [4.78, 5) is 0.160. The van der Waals surface area contributed by atoms with Gasteiger partial charge in [0.25, 0.3) is 4.84 Å². The van der Waals surface area contributed by atoms with Crippen molar-refractivity contribution in [1.29, 1.82) is 0 Å². The number of furan rings is 1. The number of hydrogen-bond acceptors (Lipinski definition) is 5. The molecule has 0 amide bonds. The zero-order valence-electron chi connectivity index (χ0n) is 12.8. The minimum absolute atomic E-state index is 0.160. The van der Waals surface area contributed by atoms with Crippen LogP contribution in [-0.4, -0.2) is 16.6 Å². The number of nitrogens with one attached hydrogen (secondary N) is 1. The summed E-state index contributed by atoms with van der Waals surface area (Å²) in [5.74, 6) is 0.0426. The van der Waals surface area contributed by atoms with Crippen molar-refractivity contribution in [1.82, 2.24) is 10.2 Å². The molecule has 5 nitrogen and oxygen atoms in total. The van der Waals surface area contributed by atoms with Gasteiger partial charge in [0.05, 0.1) is 6.26 Å². The maximum absolute atomic E-state index is 12.3. The van der Waals surface area contributed by atoms with Crippen molar-refractivity contribution in [3.63, 3.8) is 0 Å². The molecule has 26 heavy (non-hydrogen) atoms. The van der Waals surface area contributed by atoms with Gasteiger partial charge >= 0.3 is 6.36 Å². The van der Waals surface area contributed by atoms with Crippen molar-refractivity contribution in [2.45, 2.75) is 6.36 Å². The average Bonchev–Trinajstić information content (AvgIpc) is 3.20. The first-order valence-electron chi connectivity index (χ1n) is 7.32. The molecule has 4 aromatic rings. The molecule has 0 saturated heterocycles. The third-order valence-electron chi connectivity index (χ3n) is 3.66. The normalized spacial score (nSPS) is 11.8. The predicted octanol–water partition coefficient (Wildman–Crippen LogP) is 5.71. The van der Waals surface area contributed by atoms with Gasteiger partial charge in [0.1, 0.15) is 11.3 Å². The highest BCUT2D eigenvalue weighted by atomic mass is 32.1. The fourth-order valence-electron chi connectivity index (χ4n) is 2.58. The minimum Gasteiger partial charge on any atom is -0.464 e. The minimum atomic E-state index is -4.73. The highest BCUT2D eigenvalue weighted by Crippen LogP contribution is 2.34. The first-order valence-corrected chi connectivity index (χ1v) is 7.73. The summed E-state index contributed by atoms with van der Waals surface area (Å²) in [7, 11) is 0. The SMILES string of the molecule is FC(F)(F)Oc1ccc(-c2coc3ccc(-c4n[nH]c(=S)o4)cc23)cc1. The summed E-state index contributed by atoms with van der Waals surface area (Å²) in [6, 6.07) is 10.9. The van der Waals surface area contributed by atoms with E-state index in [0.29, 0.717) is 22.6 Å². The highest BCUT2D eigenvalue weighted by Gasteiger charge is 2.31. The van der Waals surface area contributed by atoms with Gasteiger partial charge in [0.15, 0.2) is 0 Å². The standard InChI is InChI=1S/C17H9F3N2O3S/c18-17(19,20)25-11-4-1-9(2-5-11)13-8-23-14-6-3-10(7-12(13)14)15-21-22-16(26)24-15/h1-8H,(H,22,26). The zero-order valence-corrected chi connectivity index (χ0v) is 13.6. The van der Waals surface area contributed by atoms with Crippen LogP contribution in [0.3, 0.4) is 0 Å². The second-order valence-corrected chi connectivity index (χ2v) is 5.72. The van der Waals surface area contributed by atoms with Gasteiger partial charge in [-0.25, -0.2) is 5.10 Å². The molecule has 4 rings (SSSR count). The first kappa shape index (κ1) is 16.4. The molecule has 132 valence electrons. The Kier molecular flexibility index (Phi) is 3.80. The fourth-order valence-corrected chi connectivity index (χ4v) is 2.70. The molecule has 0 spiro atoms. The number of H-pyrrole nitrogens is 1. The van der Waals surface area contributed by atoms with Crippen LogP contribution in [0.5, 0.6) is 5.75 Å². The molecular formula is C17H9F3N2O3S. The molecule has 0 saturated carbocycles. The number of benzene rings is 2. The maximum atomic E-state index is 12.3. The van der Waals surface area contributed by atoms with Gasteiger partial charge < -0.3 is 13.6 Å². The lowest BCUT2D eigenvalue weighted by atomic mass is 10.0.